The van der Waals surface area contributed by atoms with E-state index in [1.807, 2.05) is 6.07 Å². The number of aryl methyl sites for hydroxylation is 1. The summed E-state index contributed by atoms with van der Waals surface area (Å²) >= 11 is 1.36. The van der Waals surface area contributed by atoms with Crippen LogP contribution in [0.25, 0.3) is 0 Å². The number of esters is 1. The minimum Gasteiger partial charge on any atom is -0.462 e. The molecule has 0 radical (unpaired) electrons. The summed E-state index contributed by atoms with van der Waals surface area (Å²) < 4.78 is 10.0. The average molecular weight is 343 g/mol. The summed E-state index contributed by atoms with van der Waals surface area (Å²) in [6.07, 6.45) is -0.104. The van der Waals surface area contributed by atoms with Gasteiger partial charge in [-0.2, -0.15) is 0 Å². The normalized spacial score (nSPS) is 12.6. The molecular weight excluding hydrogens is 318 g/mol. The average Bonchev–Trinajstić information content (AvgIpc) is 2.90. The highest BCUT2D eigenvalue weighted by molar-refractivity contribution is 7.13. The molecule has 1 rings (SSSR count). The number of amides is 1. The Kier molecular flexibility index (Phi) is 7.51. The van der Waals surface area contributed by atoms with Crippen molar-refractivity contribution in [3.05, 3.63) is 21.9 Å². The highest BCUT2D eigenvalue weighted by Gasteiger charge is 2.17. The van der Waals surface area contributed by atoms with Crippen LogP contribution in [0.2, 0.25) is 0 Å². The number of thiophene rings is 1. The first-order valence-electron chi connectivity index (χ1n) is 7.62. The number of rotatable bonds is 7. The number of hydrogen-bond donors (Lipinski definition) is 2. The van der Waals surface area contributed by atoms with Crippen molar-refractivity contribution in [3.63, 3.8) is 0 Å². The molecular formula is C16H25NO5S. The summed E-state index contributed by atoms with van der Waals surface area (Å²) in [6.45, 7) is 7.58. The van der Waals surface area contributed by atoms with E-state index >= 15 is 0 Å². The van der Waals surface area contributed by atoms with E-state index in [2.05, 4.69) is 5.32 Å². The summed E-state index contributed by atoms with van der Waals surface area (Å²) in [5.74, 6) is -0.323. The molecule has 23 heavy (non-hydrogen) atoms. The zero-order valence-corrected chi connectivity index (χ0v) is 14.9. The summed E-state index contributed by atoms with van der Waals surface area (Å²) in [5, 5.41) is 12.4. The van der Waals surface area contributed by atoms with Crippen molar-refractivity contribution in [1.82, 2.24) is 5.32 Å². The van der Waals surface area contributed by atoms with Gasteiger partial charge in [0.15, 0.2) is 0 Å². The Morgan fingerprint density at radius 1 is 1.35 bits per heavy atom. The van der Waals surface area contributed by atoms with Crippen LogP contribution in [0.5, 0.6) is 0 Å². The zero-order valence-electron chi connectivity index (χ0n) is 14.0. The molecule has 1 aromatic rings. The van der Waals surface area contributed by atoms with E-state index in [0.29, 0.717) is 24.3 Å². The molecule has 6 nitrogen and oxygen atoms in total. The molecule has 0 fully saturated rings. The van der Waals surface area contributed by atoms with E-state index in [0.717, 1.165) is 4.88 Å². The Morgan fingerprint density at radius 2 is 2.04 bits per heavy atom. The maximum absolute atomic E-state index is 11.6. The Labute approximate surface area is 140 Å². The Bertz CT molecular complexity index is 521. The lowest BCUT2D eigenvalue weighted by Gasteiger charge is -2.20. The van der Waals surface area contributed by atoms with Gasteiger partial charge in [0.2, 0.25) is 0 Å². The van der Waals surface area contributed by atoms with Gasteiger partial charge in [-0.15, -0.1) is 11.3 Å². The van der Waals surface area contributed by atoms with Crippen LogP contribution in [0.15, 0.2) is 12.1 Å². The molecule has 0 saturated carbocycles. The predicted octanol–water partition coefficient (Wildman–Crippen LogP) is 2.74. The molecule has 1 atom stereocenters. The second kappa shape index (κ2) is 8.88. The van der Waals surface area contributed by atoms with E-state index in [-0.39, 0.29) is 12.5 Å². The van der Waals surface area contributed by atoms with Crippen LogP contribution < -0.4 is 5.32 Å². The van der Waals surface area contributed by atoms with Gasteiger partial charge in [-0.05, 0) is 52.7 Å². The van der Waals surface area contributed by atoms with Gasteiger partial charge < -0.3 is 19.9 Å². The monoisotopic (exact) mass is 343 g/mol. The lowest BCUT2D eigenvalue weighted by atomic mass is 10.2. The summed E-state index contributed by atoms with van der Waals surface area (Å²) in [5.41, 5.74) is -0.560. The van der Waals surface area contributed by atoms with Crippen LogP contribution >= 0.6 is 11.3 Å². The Balaban J connectivity index is 2.32. The van der Waals surface area contributed by atoms with Crippen LogP contribution in [-0.4, -0.2) is 42.0 Å². The largest absolute Gasteiger partial charge is 0.462 e. The molecule has 130 valence electrons. The van der Waals surface area contributed by atoms with Gasteiger partial charge in [0.05, 0.1) is 12.7 Å². The molecule has 7 heteroatoms. The van der Waals surface area contributed by atoms with E-state index in [9.17, 15) is 14.7 Å². The van der Waals surface area contributed by atoms with E-state index in [4.69, 9.17) is 9.47 Å². The maximum atomic E-state index is 11.6. The fraction of sp³-hybridized carbons (Fsp3) is 0.625. The molecule has 0 saturated heterocycles. The third kappa shape index (κ3) is 7.99. The lowest BCUT2D eigenvalue weighted by molar-refractivity contribution is 0.0487. The number of carbonyl (C=O) groups excluding carboxylic acids is 2. The van der Waals surface area contributed by atoms with Crippen LogP contribution in [0.1, 0.15) is 48.7 Å². The summed E-state index contributed by atoms with van der Waals surface area (Å²) in [4.78, 5) is 24.6. The maximum Gasteiger partial charge on any atom is 0.407 e. The molecule has 2 N–H and O–H groups in total. The van der Waals surface area contributed by atoms with Gasteiger partial charge in [-0.25, -0.2) is 9.59 Å². The van der Waals surface area contributed by atoms with Crippen molar-refractivity contribution in [2.24, 2.45) is 0 Å². The van der Waals surface area contributed by atoms with E-state index in [1.165, 1.54) is 11.3 Å². The van der Waals surface area contributed by atoms with Crippen molar-refractivity contribution in [2.75, 3.05) is 13.2 Å². The van der Waals surface area contributed by atoms with Gasteiger partial charge in [0, 0.05) is 11.4 Å². The minimum atomic E-state index is -0.671. The Morgan fingerprint density at radius 3 is 2.65 bits per heavy atom. The zero-order chi connectivity index (χ0) is 17.5. The number of alkyl carbamates (subject to hydrolysis) is 1. The quantitative estimate of drug-likeness (QED) is 0.744. The number of aliphatic hydroxyl groups excluding tert-OH is 1. The molecule has 0 aliphatic rings. The molecule has 1 aromatic heterocycles. The first kappa shape index (κ1) is 19.4. The predicted molar refractivity (Wildman–Crippen MR) is 88.8 cm³/mol. The number of ether oxygens (including phenoxy) is 2. The molecule has 0 aliphatic heterocycles. The van der Waals surface area contributed by atoms with Crippen molar-refractivity contribution in [2.45, 2.75) is 52.2 Å². The minimum absolute atomic E-state index is 0.130. The molecule has 0 aromatic carbocycles. The van der Waals surface area contributed by atoms with Crippen molar-refractivity contribution in [3.8, 4) is 0 Å². The van der Waals surface area contributed by atoms with E-state index in [1.54, 1.807) is 33.8 Å². The number of aliphatic hydroxyl groups is 1. The third-order valence-corrected chi connectivity index (χ3v) is 3.87. The second-order valence-corrected chi connectivity index (χ2v) is 7.23. The Hall–Kier alpha value is -1.60. The number of nitrogens with one attached hydrogen (secondary N) is 1. The fourth-order valence-corrected chi connectivity index (χ4v) is 2.67. The van der Waals surface area contributed by atoms with E-state index < -0.39 is 17.8 Å². The summed E-state index contributed by atoms with van der Waals surface area (Å²) in [7, 11) is 0. The molecule has 0 unspecified atom stereocenters. The van der Waals surface area contributed by atoms with Crippen LogP contribution in [0, 0.1) is 0 Å². The number of hydrogen-bond acceptors (Lipinski definition) is 6. The first-order chi connectivity index (χ1) is 10.7. The third-order valence-electron chi connectivity index (χ3n) is 2.74. The fourth-order valence-electron chi connectivity index (χ4n) is 1.75. The SMILES string of the molecule is CCOC(=O)c1ccc(CC[C@H](O)CNC(=O)OC(C)(C)C)s1. The van der Waals surface area contributed by atoms with Gasteiger partial charge >= 0.3 is 12.1 Å². The number of carbonyl (C=O) groups is 2. The highest BCUT2D eigenvalue weighted by atomic mass is 32.1. The molecule has 0 aliphatic carbocycles. The van der Waals surface area contributed by atoms with Crippen LogP contribution in [-0.2, 0) is 15.9 Å². The first-order valence-corrected chi connectivity index (χ1v) is 8.43. The second-order valence-electron chi connectivity index (χ2n) is 6.06. The van der Waals surface area contributed by atoms with Gasteiger partial charge in [0.1, 0.15) is 10.5 Å². The van der Waals surface area contributed by atoms with Crippen LogP contribution in [0.4, 0.5) is 4.79 Å². The van der Waals surface area contributed by atoms with Crippen molar-refractivity contribution < 1.29 is 24.2 Å². The molecule has 0 spiro atoms. The molecule has 1 heterocycles. The van der Waals surface area contributed by atoms with Crippen molar-refractivity contribution in [1.29, 1.82) is 0 Å². The smallest absolute Gasteiger partial charge is 0.407 e. The van der Waals surface area contributed by atoms with Gasteiger partial charge in [-0.1, -0.05) is 0 Å². The topological polar surface area (TPSA) is 84.9 Å². The van der Waals surface area contributed by atoms with Crippen LogP contribution in [0.3, 0.4) is 0 Å². The lowest BCUT2D eigenvalue weighted by Crippen LogP contribution is -2.37. The van der Waals surface area contributed by atoms with Crippen molar-refractivity contribution >= 4 is 23.4 Å². The van der Waals surface area contributed by atoms with Gasteiger partial charge in [0.25, 0.3) is 0 Å². The standard InChI is InChI=1S/C16H25NO5S/c1-5-21-14(19)13-9-8-12(23-13)7-6-11(18)10-17-15(20)22-16(2,3)4/h8-9,11,18H,5-7,10H2,1-4H3,(H,17,20)/t11-/m0/s1. The molecule has 0 bridgehead atoms. The highest BCUT2D eigenvalue weighted by Crippen LogP contribution is 2.19. The van der Waals surface area contributed by atoms with Gasteiger partial charge in [-0.3, -0.25) is 0 Å². The summed E-state index contributed by atoms with van der Waals surface area (Å²) in [6, 6.07) is 3.58. The molecule has 1 amide bonds.